The lowest BCUT2D eigenvalue weighted by Crippen LogP contribution is -2.48. The number of morpholine rings is 1. The van der Waals surface area contributed by atoms with Crippen LogP contribution in [0.15, 0.2) is 18.3 Å². The number of ether oxygens (including phenoxy) is 1. The maximum absolute atomic E-state index is 12.9. The molecule has 1 aromatic heterocycles. The van der Waals surface area contributed by atoms with E-state index in [0.717, 1.165) is 6.20 Å². The lowest BCUT2D eigenvalue weighted by molar-refractivity contribution is -0.142. The topological polar surface area (TPSA) is 71.5 Å². The van der Waals surface area contributed by atoms with Crippen molar-refractivity contribution in [3.8, 4) is 0 Å². The van der Waals surface area contributed by atoms with Crippen LogP contribution in [0.25, 0.3) is 0 Å². The monoisotopic (exact) mass is 335 g/mol. The number of nitrogens with zero attached hydrogens (tertiary/aromatic N) is 2. The number of aromatic nitrogens is 1. The molecule has 2 aliphatic heterocycles. The summed E-state index contributed by atoms with van der Waals surface area (Å²) in [6, 6.07) is 2.90. The van der Waals surface area contributed by atoms with E-state index in [4.69, 9.17) is 4.74 Å². The van der Waals surface area contributed by atoms with Crippen molar-refractivity contribution in [2.45, 2.75) is 44.9 Å². The van der Waals surface area contributed by atoms with Gasteiger partial charge in [-0.15, -0.1) is 0 Å². The average Bonchev–Trinajstić information content (AvgIpc) is 2.83. The Kier molecular flexibility index (Phi) is 4.80. The molecule has 2 fully saturated rings. The number of carbonyl (C=O) groups excluding carboxylic acids is 2. The normalized spacial score (nSPS) is 25.8. The van der Waals surface area contributed by atoms with Gasteiger partial charge in [-0.1, -0.05) is 0 Å². The summed E-state index contributed by atoms with van der Waals surface area (Å²) in [4.78, 5) is 30.4. The highest BCUT2D eigenvalue weighted by molar-refractivity contribution is 5.81. The molecule has 3 atom stereocenters. The van der Waals surface area contributed by atoms with E-state index < -0.39 is 5.82 Å². The SMILES string of the molecule is CC(C)NC(=O)C1CC2CN(C(=O)Cc3ccc(F)cn3)CC1O2. The fraction of sp³-hybridized carbons (Fsp3) is 0.588. The molecule has 1 N–H and O–H groups in total. The van der Waals surface area contributed by atoms with Gasteiger partial charge in [0, 0.05) is 24.8 Å². The molecule has 3 heterocycles. The molecule has 130 valence electrons. The summed E-state index contributed by atoms with van der Waals surface area (Å²) in [6.45, 7) is 4.74. The first-order chi connectivity index (χ1) is 11.4. The van der Waals surface area contributed by atoms with Crippen molar-refractivity contribution in [3.63, 3.8) is 0 Å². The number of amides is 2. The van der Waals surface area contributed by atoms with Crippen LogP contribution in [0.5, 0.6) is 0 Å². The largest absolute Gasteiger partial charge is 0.370 e. The van der Waals surface area contributed by atoms with Crippen LogP contribution >= 0.6 is 0 Å². The van der Waals surface area contributed by atoms with Crippen LogP contribution in [-0.2, 0) is 20.7 Å². The second-order valence-corrected chi connectivity index (χ2v) is 6.75. The number of hydrogen-bond donors (Lipinski definition) is 1. The minimum atomic E-state index is -0.422. The van der Waals surface area contributed by atoms with E-state index in [0.29, 0.717) is 25.2 Å². The second-order valence-electron chi connectivity index (χ2n) is 6.75. The van der Waals surface area contributed by atoms with Gasteiger partial charge in [-0.2, -0.15) is 0 Å². The quantitative estimate of drug-likeness (QED) is 0.888. The zero-order valence-corrected chi connectivity index (χ0v) is 13.9. The molecule has 2 amide bonds. The van der Waals surface area contributed by atoms with Gasteiger partial charge in [0.2, 0.25) is 11.8 Å². The Morgan fingerprint density at radius 1 is 1.42 bits per heavy atom. The molecule has 3 unspecified atom stereocenters. The van der Waals surface area contributed by atoms with Gasteiger partial charge in [-0.05, 0) is 32.4 Å². The second kappa shape index (κ2) is 6.84. The van der Waals surface area contributed by atoms with Gasteiger partial charge in [-0.25, -0.2) is 4.39 Å². The van der Waals surface area contributed by atoms with Gasteiger partial charge >= 0.3 is 0 Å². The third kappa shape index (κ3) is 3.72. The summed E-state index contributed by atoms with van der Waals surface area (Å²) in [6.07, 6.45) is 1.52. The summed E-state index contributed by atoms with van der Waals surface area (Å²) in [7, 11) is 0. The summed E-state index contributed by atoms with van der Waals surface area (Å²) in [5.41, 5.74) is 0.536. The molecule has 6 nitrogen and oxygen atoms in total. The smallest absolute Gasteiger partial charge is 0.228 e. The van der Waals surface area contributed by atoms with Crippen molar-refractivity contribution in [2.75, 3.05) is 13.1 Å². The summed E-state index contributed by atoms with van der Waals surface area (Å²) in [5.74, 6) is -0.710. The highest BCUT2D eigenvalue weighted by Crippen LogP contribution is 2.32. The predicted molar refractivity (Wildman–Crippen MR) is 84.5 cm³/mol. The number of halogens is 1. The molecule has 0 spiro atoms. The van der Waals surface area contributed by atoms with E-state index in [1.165, 1.54) is 12.1 Å². The Morgan fingerprint density at radius 3 is 2.88 bits per heavy atom. The molecule has 0 aromatic carbocycles. The van der Waals surface area contributed by atoms with Crippen molar-refractivity contribution in [1.29, 1.82) is 0 Å². The van der Waals surface area contributed by atoms with Crippen molar-refractivity contribution in [1.82, 2.24) is 15.2 Å². The minimum Gasteiger partial charge on any atom is -0.370 e. The number of nitrogens with one attached hydrogen (secondary N) is 1. The molecular formula is C17H22FN3O3. The van der Waals surface area contributed by atoms with Gasteiger partial charge in [0.05, 0.1) is 30.7 Å². The van der Waals surface area contributed by atoms with Crippen molar-refractivity contribution < 1.29 is 18.7 Å². The van der Waals surface area contributed by atoms with Crippen LogP contribution in [0.4, 0.5) is 4.39 Å². The molecule has 2 saturated heterocycles. The predicted octanol–water partition coefficient (Wildman–Crippen LogP) is 0.904. The third-order valence-corrected chi connectivity index (χ3v) is 4.40. The Balaban J connectivity index is 1.60. The fourth-order valence-corrected chi connectivity index (χ4v) is 3.31. The van der Waals surface area contributed by atoms with E-state index in [1.54, 1.807) is 4.90 Å². The standard InChI is InChI=1S/C17H22FN3O3/c1-10(2)20-17(23)14-6-13-8-21(9-15(14)24-13)16(22)5-12-4-3-11(18)7-19-12/h3-4,7,10,13-15H,5-6,8-9H2,1-2H3,(H,20,23). The fourth-order valence-electron chi connectivity index (χ4n) is 3.31. The lowest BCUT2D eigenvalue weighted by Gasteiger charge is -2.33. The third-order valence-electron chi connectivity index (χ3n) is 4.40. The minimum absolute atomic E-state index is 0.00741. The van der Waals surface area contributed by atoms with E-state index in [2.05, 4.69) is 10.3 Å². The number of rotatable bonds is 4. The Labute approximate surface area is 140 Å². The van der Waals surface area contributed by atoms with Crippen LogP contribution < -0.4 is 5.32 Å². The molecule has 2 aliphatic rings. The molecule has 3 rings (SSSR count). The maximum atomic E-state index is 12.9. The Hall–Kier alpha value is -2.02. The summed E-state index contributed by atoms with van der Waals surface area (Å²) in [5, 5.41) is 2.92. The number of fused-ring (bicyclic) bond motifs is 2. The van der Waals surface area contributed by atoms with Crippen LogP contribution in [-0.4, -0.2) is 53.0 Å². The molecule has 0 saturated carbocycles. The van der Waals surface area contributed by atoms with Gasteiger partial charge in [0.1, 0.15) is 5.82 Å². The average molecular weight is 335 g/mol. The van der Waals surface area contributed by atoms with Gasteiger partial charge in [-0.3, -0.25) is 14.6 Å². The molecule has 0 radical (unpaired) electrons. The number of hydrogen-bond acceptors (Lipinski definition) is 4. The van der Waals surface area contributed by atoms with Gasteiger partial charge in [0.25, 0.3) is 0 Å². The first-order valence-electron chi connectivity index (χ1n) is 8.26. The molecule has 7 heteroatoms. The number of pyridine rings is 1. The first kappa shape index (κ1) is 16.8. The molecular weight excluding hydrogens is 313 g/mol. The Morgan fingerprint density at radius 2 is 2.21 bits per heavy atom. The highest BCUT2D eigenvalue weighted by Gasteiger charge is 2.45. The molecule has 24 heavy (non-hydrogen) atoms. The van der Waals surface area contributed by atoms with Crippen molar-refractivity contribution in [3.05, 3.63) is 29.8 Å². The van der Waals surface area contributed by atoms with E-state index in [9.17, 15) is 14.0 Å². The van der Waals surface area contributed by atoms with Crippen LogP contribution in [0.2, 0.25) is 0 Å². The van der Waals surface area contributed by atoms with Crippen LogP contribution in [0.3, 0.4) is 0 Å². The summed E-state index contributed by atoms with van der Waals surface area (Å²) < 4.78 is 18.7. The number of carbonyl (C=O) groups is 2. The molecule has 0 aliphatic carbocycles. The van der Waals surface area contributed by atoms with Crippen LogP contribution in [0.1, 0.15) is 26.0 Å². The van der Waals surface area contributed by atoms with Gasteiger partial charge < -0.3 is 15.0 Å². The highest BCUT2D eigenvalue weighted by atomic mass is 19.1. The van der Waals surface area contributed by atoms with Gasteiger partial charge in [0.15, 0.2) is 0 Å². The van der Waals surface area contributed by atoms with E-state index in [1.807, 2.05) is 13.8 Å². The Bertz CT molecular complexity index is 620. The van der Waals surface area contributed by atoms with Crippen molar-refractivity contribution >= 4 is 11.8 Å². The maximum Gasteiger partial charge on any atom is 0.228 e. The van der Waals surface area contributed by atoms with Crippen molar-refractivity contribution in [2.24, 2.45) is 5.92 Å². The number of likely N-dealkylation sites (tertiary alicyclic amines) is 1. The van der Waals surface area contributed by atoms with E-state index in [-0.39, 0.29) is 42.4 Å². The molecule has 2 bridgehead atoms. The zero-order valence-electron chi connectivity index (χ0n) is 13.9. The van der Waals surface area contributed by atoms with E-state index >= 15 is 0 Å². The lowest BCUT2D eigenvalue weighted by atomic mass is 9.99. The zero-order chi connectivity index (χ0) is 17.3. The summed E-state index contributed by atoms with van der Waals surface area (Å²) >= 11 is 0. The molecule has 1 aromatic rings. The first-order valence-corrected chi connectivity index (χ1v) is 8.26. The van der Waals surface area contributed by atoms with Crippen LogP contribution in [0, 0.1) is 11.7 Å².